The van der Waals surface area contributed by atoms with Gasteiger partial charge in [0.25, 0.3) is 0 Å². The van der Waals surface area contributed by atoms with Crippen molar-refractivity contribution >= 4 is 0 Å². The molecular formula is C17H27N3O2. The Bertz CT molecular complexity index is 489. The lowest BCUT2D eigenvalue weighted by Crippen LogP contribution is -2.49. The Balaban J connectivity index is 1.57. The zero-order valence-corrected chi connectivity index (χ0v) is 13.7. The molecule has 2 heterocycles. The van der Waals surface area contributed by atoms with Crippen molar-refractivity contribution in [2.24, 2.45) is 0 Å². The van der Waals surface area contributed by atoms with Gasteiger partial charge >= 0.3 is 0 Å². The molecule has 2 saturated heterocycles. The van der Waals surface area contributed by atoms with E-state index < -0.39 is 0 Å². The topological polar surface area (TPSA) is 37.0 Å². The van der Waals surface area contributed by atoms with E-state index in [1.54, 1.807) is 14.2 Å². The predicted molar refractivity (Wildman–Crippen MR) is 87.7 cm³/mol. The number of hydrogen-bond acceptors (Lipinski definition) is 5. The number of likely N-dealkylation sites (tertiary alicyclic amines) is 1. The van der Waals surface area contributed by atoms with Crippen LogP contribution < -0.4 is 14.8 Å². The predicted octanol–water partition coefficient (Wildman–Crippen LogP) is 1.18. The molecule has 22 heavy (non-hydrogen) atoms. The number of nitrogens with one attached hydrogen (secondary N) is 1. The number of piperazine rings is 1. The molecule has 2 aliphatic rings. The van der Waals surface area contributed by atoms with Crippen LogP contribution in [0, 0.1) is 0 Å². The molecular weight excluding hydrogens is 278 g/mol. The molecule has 1 unspecified atom stereocenters. The highest BCUT2D eigenvalue weighted by Gasteiger charge is 2.28. The van der Waals surface area contributed by atoms with E-state index in [0.717, 1.165) is 37.2 Å². The van der Waals surface area contributed by atoms with Crippen LogP contribution in [0.4, 0.5) is 0 Å². The van der Waals surface area contributed by atoms with E-state index in [2.05, 4.69) is 27.2 Å². The molecule has 5 heteroatoms. The Kier molecular flexibility index (Phi) is 5.18. The van der Waals surface area contributed by atoms with E-state index >= 15 is 0 Å². The monoisotopic (exact) mass is 305 g/mol. The van der Waals surface area contributed by atoms with Crippen LogP contribution >= 0.6 is 0 Å². The molecule has 0 saturated carbocycles. The average Bonchev–Trinajstić information content (AvgIpc) is 3.04. The maximum absolute atomic E-state index is 5.40. The lowest BCUT2D eigenvalue weighted by Gasteiger charge is -2.32. The number of benzene rings is 1. The third kappa shape index (κ3) is 3.54. The average molecular weight is 305 g/mol. The molecule has 2 aliphatic heterocycles. The van der Waals surface area contributed by atoms with Gasteiger partial charge in [-0.05, 0) is 24.1 Å². The summed E-state index contributed by atoms with van der Waals surface area (Å²) in [5.41, 5.74) is 1.29. The second kappa shape index (κ2) is 7.31. The first-order valence-electron chi connectivity index (χ1n) is 8.18. The molecule has 1 aromatic rings. The van der Waals surface area contributed by atoms with Crippen LogP contribution in [0.2, 0.25) is 0 Å². The summed E-state index contributed by atoms with van der Waals surface area (Å²) in [6.07, 6.45) is 1.29. The maximum Gasteiger partial charge on any atom is 0.161 e. The van der Waals surface area contributed by atoms with Gasteiger partial charge in [-0.25, -0.2) is 0 Å². The number of rotatable bonds is 5. The van der Waals surface area contributed by atoms with Gasteiger partial charge < -0.3 is 14.8 Å². The van der Waals surface area contributed by atoms with Gasteiger partial charge in [0.15, 0.2) is 11.5 Å². The van der Waals surface area contributed by atoms with E-state index in [0.29, 0.717) is 0 Å². The van der Waals surface area contributed by atoms with Gasteiger partial charge in [-0.3, -0.25) is 9.80 Å². The highest BCUT2D eigenvalue weighted by Crippen LogP contribution is 2.28. The summed E-state index contributed by atoms with van der Waals surface area (Å²) >= 11 is 0. The molecule has 0 radical (unpaired) electrons. The minimum atomic E-state index is 0.724. The Morgan fingerprint density at radius 3 is 2.59 bits per heavy atom. The second-order valence-corrected chi connectivity index (χ2v) is 6.15. The first-order chi connectivity index (χ1) is 10.8. The molecule has 1 aromatic carbocycles. The number of methoxy groups -OCH3 is 2. The van der Waals surface area contributed by atoms with E-state index in [1.165, 1.54) is 38.2 Å². The van der Waals surface area contributed by atoms with Crippen molar-refractivity contribution in [2.45, 2.75) is 19.0 Å². The zero-order valence-electron chi connectivity index (χ0n) is 13.7. The Morgan fingerprint density at radius 2 is 1.86 bits per heavy atom. The van der Waals surface area contributed by atoms with E-state index in [4.69, 9.17) is 9.47 Å². The SMILES string of the molecule is COc1ccc(CN2CCC(N3CCNCC3)C2)cc1OC. The van der Waals surface area contributed by atoms with Crippen LogP contribution in [-0.2, 0) is 6.54 Å². The maximum atomic E-state index is 5.40. The summed E-state index contributed by atoms with van der Waals surface area (Å²) in [7, 11) is 3.37. The highest BCUT2D eigenvalue weighted by molar-refractivity contribution is 5.42. The van der Waals surface area contributed by atoms with Gasteiger partial charge in [-0.2, -0.15) is 0 Å². The van der Waals surface area contributed by atoms with E-state index in [1.807, 2.05) is 6.07 Å². The Labute approximate surface area is 133 Å². The van der Waals surface area contributed by atoms with Crippen molar-refractivity contribution < 1.29 is 9.47 Å². The molecule has 0 spiro atoms. The number of nitrogens with zero attached hydrogens (tertiary/aromatic N) is 2. The highest BCUT2D eigenvalue weighted by atomic mass is 16.5. The summed E-state index contributed by atoms with van der Waals surface area (Å²) in [6.45, 7) is 7.99. The molecule has 0 aliphatic carbocycles. The van der Waals surface area contributed by atoms with Crippen molar-refractivity contribution in [1.82, 2.24) is 15.1 Å². The van der Waals surface area contributed by atoms with Crippen LogP contribution in [0.15, 0.2) is 18.2 Å². The van der Waals surface area contributed by atoms with Crippen molar-refractivity contribution in [2.75, 3.05) is 53.5 Å². The van der Waals surface area contributed by atoms with E-state index in [9.17, 15) is 0 Å². The van der Waals surface area contributed by atoms with Crippen LogP contribution in [0.1, 0.15) is 12.0 Å². The van der Waals surface area contributed by atoms with Gasteiger partial charge in [0, 0.05) is 51.9 Å². The van der Waals surface area contributed by atoms with Crippen molar-refractivity contribution in [3.63, 3.8) is 0 Å². The molecule has 1 N–H and O–H groups in total. The fraction of sp³-hybridized carbons (Fsp3) is 0.647. The third-order valence-electron chi connectivity index (χ3n) is 4.77. The van der Waals surface area contributed by atoms with Gasteiger partial charge in [0.2, 0.25) is 0 Å². The Hall–Kier alpha value is -1.30. The lowest BCUT2D eigenvalue weighted by molar-refractivity contribution is 0.170. The second-order valence-electron chi connectivity index (χ2n) is 6.15. The van der Waals surface area contributed by atoms with Gasteiger partial charge in [0.05, 0.1) is 14.2 Å². The first kappa shape index (κ1) is 15.6. The van der Waals surface area contributed by atoms with Crippen LogP contribution in [0.3, 0.4) is 0 Å². The fourth-order valence-electron chi connectivity index (χ4n) is 3.54. The molecule has 5 nitrogen and oxygen atoms in total. The first-order valence-corrected chi connectivity index (χ1v) is 8.18. The minimum absolute atomic E-state index is 0.724. The number of hydrogen-bond donors (Lipinski definition) is 1. The molecule has 3 rings (SSSR count). The van der Waals surface area contributed by atoms with Crippen molar-refractivity contribution in [3.8, 4) is 11.5 Å². The summed E-state index contributed by atoms with van der Waals surface area (Å²) < 4.78 is 10.7. The summed E-state index contributed by atoms with van der Waals surface area (Å²) in [4.78, 5) is 5.19. The minimum Gasteiger partial charge on any atom is -0.493 e. The Morgan fingerprint density at radius 1 is 1.09 bits per heavy atom. The molecule has 122 valence electrons. The summed E-state index contributed by atoms with van der Waals surface area (Å²) in [5, 5.41) is 3.43. The summed E-state index contributed by atoms with van der Waals surface area (Å²) in [5.74, 6) is 1.62. The normalized spacial score (nSPS) is 23.6. The van der Waals surface area contributed by atoms with Gasteiger partial charge in [-0.15, -0.1) is 0 Å². The molecule has 0 amide bonds. The largest absolute Gasteiger partial charge is 0.493 e. The molecule has 0 bridgehead atoms. The van der Waals surface area contributed by atoms with Crippen LogP contribution in [0.5, 0.6) is 11.5 Å². The quantitative estimate of drug-likeness (QED) is 0.884. The lowest BCUT2D eigenvalue weighted by atomic mass is 10.2. The molecule has 1 atom stereocenters. The third-order valence-corrected chi connectivity index (χ3v) is 4.77. The van der Waals surface area contributed by atoms with E-state index in [-0.39, 0.29) is 0 Å². The summed E-state index contributed by atoms with van der Waals surface area (Å²) in [6, 6.07) is 6.95. The van der Waals surface area contributed by atoms with Crippen molar-refractivity contribution in [1.29, 1.82) is 0 Å². The van der Waals surface area contributed by atoms with Crippen LogP contribution in [-0.4, -0.2) is 69.3 Å². The van der Waals surface area contributed by atoms with Crippen molar-refractivity contribution in [3.05, 3.63) is 23.8 Å². The fourth-order valence-corrected chi connectivity index (χ4v) is 3.54. The van der Waals surface area contributed by atoms with Gasteiger partial charge in [0.1, 0.15) is 0 Å². The smallest absolute Gasteiger partial charge is 0.161 e. The molecule has 2 fully saturated rings. The standard InChI is InChI=1S/C17H27N3O2/c1-21-16-4-3-14(11-17(16)22-2)12-19-8-5-15(13-19)20-9-6-18-7-10-20/h3-4,11,15,18H,5-10,12-13H2,1-2H3. The van der Waals surface area contributed by atoms with Crippen LogP contribution in [0.25, 0.3) is 0 Å². The number of ether oxygens (including phenoxy) is 2. The molecule has 0 aromatic heterocycles. The van der Waals surface area contributed by atoms with Gasteiger partial charge in [-0.1, -0.05) is 6.07 Å². The zero-order chi connectivity index (χ0) is 15.4.